The summed E-state index contributed by atoms with van der Waals surface area (Å²) >= 11 is 0. The molecule has 0 spiro atoms. The molecule has 0 amide bonds. The molecule has 0 aliphatic rings. The van der Waals surface area contributed by atoms with Crippen LogP contribution >= 0.6 is 0 Å². The Balaban J connectivity index is 2.33. The molecular weight excluding hydrogens is 291 g/mol. The van der Waals surface area contributed by atoms with Crippen LogP contribution in [0.15, 0.2) is 41.3 Å². The lowest BCUT2D eigenvalue weighted by Gasteiger charge is -2.09. The molecule has 21 heavy (non-hydrogen) atoms. The molecule has 2 aromatic rings. The van der Waals surface area contributed by atoms with Gasteiger partial charge < -0.3 is 10.5 Å². The van der Waals surface area contributed by atoms with Gasteiger partial charge in [-0.25, -0.2) is 4.39 Å². The summed E-state index contributed by atoms with van der Waals surface area (Å²) in [6, 6.07) is 11.0. The third-order valence-corrected chi connectivity index (χ3v) is 4.37. The van der Waals surface area contributed by atoms with E-state index in [2.05, 4.69) is 0 Å². The molecular formula is C15H13FN2O2S. The van der Waals surface area contributed by atoms with Crippen LogP contribution in [0, 0.1) is 17.1 Å². The summed E-state index contributed by atoms with van der Waals surface area (Å²) in [5.74, 6) is -0.174. The van der Waals surface area contributed by atoms with E-state index < -0.39 is 16.6 Å². The lowest BCUT2D eigenvalue weighted by molar-refractivity contribution is 0.413. The molecule has 0 saturated heterocycles. The van der Waals surface area contributed by atoms with E-state index in [-0.39, 0.29) is 16.9 Å². The first kappa shape index (κ1) is 15.0. The van der Waals surface area contributed by atoms with Crippen LogP contribution in [0.4, 0.5) is 10.1 Å². The van der Waals surface area contributed by atoms with E-state index in [1.54, 1.807) is 30.3 Å². The van der Waals surface area contributed by atoms with E-state index in [9.17, 15) is 8.60 Å². The van der Waals surface area contributed by atoms with Crippen LogP contribution in [0.25, 0.3) is 0 Å². The van der Waals surface area contributed by atoms with E-state index in [0.29, 0.717) is 16.3 Å². The maximum Gasteiger partial charge on any atom is 0.145 e. The molecule has 0 aromatic heterocycles. The highest BCUT2D eigenvalue weighted by atomic mass is 32.2. The van der Waals surface area contributed by atoms with E-state index in [1.165, 1.54) is 19.2 Å². The quantitative estimate of drug-likeness (QED) is 0.881. The van der Waals surface area contributed by atoms with Crippen molar-refractivity contribution >= 4 is 16.5 Å². The monoisotopic (exact) mass is 304 g/mol. The molecule has 0 aliphatic carbocycles. The topological polar surface area (TPSA) is 76.1 Å². The molecule has 0 aliphatic heterocycles. The van der Waals surface area contributed by atoms with Gasteiger partial charge in [0.25, 0.3) is 0 Å². The summed E-state index contributed by atoms with van der Waals surface area (Å²) in [7, 11) is -0.0385. The molecule has 0 radical (unpaired) electrons. The van der Waals surface area contributed by atoms with E-state index >= 15 is 0 Å². The number of rotatable bonds is 4. The standard InChI is InChI=1S/C15H13FN2O2S/c1-20-12-5-6-13(18)14(7-12)21(19)9-11-4-2-3-10(8-17)15(11)16/h2-7H,9,18H2,1H3. The van der Waals surface area contributed by atoms with E-state index in [4.69, 9.17) is 15.7 Å². The number of halogens is 1. The Labute approximate surface area is 124 Å². The van der Waals surface area contributed by atoms with Gasteiger partial charge in [-0.1, -0.05) is 12.1 Å². The Morgan fingerprint density at radius 2 is 2.14 bits per heavy atom. The van der Waals surface area contributed by atoms with Crippen LogP contribution in [-0.2, 0) is 16.6 Å². The number of benzene rings is 2. The number of nitrogens with two attached hydrogens (primary N) is 1. The molecule has 2 aromatic carbocycles. The van der Waals surface area contributed by atoms with Gasteiger partial charge in [0.15, 0.2) is 0 Å². The zero-order valence-electron chi connectivity index (χ0n) is 11.3. The van der Waals surface area contributed by atoms with Crippen molar-refractivity contribution in [1.82, 2.24) is 0 Å². The number of nitriles is 1. The van der Waals surface area contributed by atoms with Crippen molar-refractivity contribution in [1.29, 1.82) is 5.26 Å². The lowest BCUT2D eigenvalue weighted by atomic mass is 10.1. The number of hydrogen-bond donors (Lipinski definition) is 1. The fourth-order valence-electron chi connectivity index (χ4n) is 1.84. The van der Waals surface area contributed by atoms with E-state index in [0.717, 1.165) is 0 Å². The van der Waals surface area contributed by atoms with Gasteiger partial charge >= 0.3 is 0 Å². The van der Waals surface area contributed by atoms with Gasteiger partial charge in [0.2, 0.25) is 0 Å². The predicted molar refractivity (Wildman–Crippen MR) is 78.6 cm³/mol. The Bertz CT molecular complexity index is 741. The molecule has 2 rings (SSSR count). The van der Waals surface area contributed by atoms with Crippen molar-refractivity contribution in [3.63, 3.8) is 0 Å². The molecule has 0 heterocycles. The zero-order valence-corrected chi connectivity index (χ0v) is 12.1. The van der Waals surface area contributed by atoms with Crippen molar-refractivity contribution in [2.45, 2.75) is 10.6 Å². The van der Waals surface area contributed by atoms with E-state index in [1.807, 2.05) is 0 Å². The molecule has 0 saturated carbocycles. The largest absolute Gasteiger partial charge is 0.497 e. The van der Waals surface area contributed by atoms with Gasteiger partial charge in [0.1, 0.15) is 17.6 Å². The first-order valence-corrected chi connectivity index (χ1v) is 7.38. The third kappa shape index (κ3) is 3.20. The minimum atomic E-state index is -1.53. The third-order valence-electron chi connectivity index (χ3n) is 2.95. The summed E-state index contributed by atoms with van der Waals surface area (Å²) in [6.45, 7) is 0. The van der Waals surface area contributed by atoms with Crippen LogP contribution in [0.2, 0.25) is 0 Å². The number of nitrogens with zero attached hydrogens (tertiary/aromatic N) is 1. The first-order valence-electron chi connectivity index (χ1n) is 6.06. The van der Waals surface area contributed by atoms with Crippen LogP contribution in [-0.4, -0.2) is 11.3 Å². The number of methoxy groups -OCH3 is 1. The van der Waals surface area contributed by atoms with Crippen LogP contribution in [0.5, 0.6) is 5.75 Å². The lowest BCUT2D eigenvalue weighted by Crippen LogP contribution is -2.04. The maximum atomic E-state index is 14.0. The fraction of sp³-hybridized carbons (Fsp3) is 0.133. The molecule has 2 N–H and O–H groups in total. The van der Waals surface area contributed by atoms with Crippen LogP contribution < -0.4 is 10.5 Å². The number of anilines is 1. The normalized spacial score (nSPS) is 11.7. The summed E-state index contributed by atoms with van der Waals surface area (Å²) < 4.78 is 31.4. The number of ether oxygens (including phenoxy) is 1. The van der Waals surface area contributed by atoms with Crippen molar-refractivity contribution in [3.8, 4) is 11.8 Å². The Morgan fingerprint density at radius 1 is 1.38 bits per heavy atom. The second kappa shape index (κ2) is 6.37. The smallest absolute Gasteiger partial charge is 0.145 e. The molecule has 0 bridgehead atoms. The summed E-state index contributed by atoms with van der Waals surface area (Å²) in [4.78, 5) is 0.385. The SMILES string of the molecule is COc1ccc(N)c(S(=O)Cc2cccc(C#N)c2F)c1. The van der Waals surface area contributed by atoms with Crippen LogP contribution in [0.3, 0.4) is 0 Å². The van der Waals surface area contributed by atoms with Crippen molar-refractivity contribution in [2.75, 3.05) is 12.8 Å². The Hall–Kier alpha value is -2.39. The van der Waals surface area contributed by atoms with Crippen molar-refractivity contribution in [2.24, 2.45) is 0 Å². The van der Waals surface area contributed by atoms with Gasteiger partial charge in [-0.3, -0.25) is 4.21 Å². The average molecular weight is 304 g/mol. The van der Waals surface area contributed by atoms with Gasteiger partial charge in [-0.05, 0) is 24.3 Å². The summed E-state index contributed by atoms with van der Waals surface area (Å²) in [6.07, 6.45) is 0. The highest BCUT2D eigenvalue weighted by Gasteiger charge is 2.14. The zero-order chi connectivity index (χ0) is 15.4. The van der Waals surface area contributed by atoms with Gasteiger partial charge in [-0.15, -0.1) is 0 Å². The van der Waals surface area contributed by atoms with Gasteiger partial charge in [0.05, 0.1) is 34.1 Å². The second-order valence-corrected chi connectivity index (χ2v) is 5.70. The highest BCUT2D eigenvalue weighted by Crippen LogP contribution is 2.25. The first-order chi connectivity index (χ1) is 10.1. The maximum absolute atomic E-state index is 14.0. The summed E-state index contributed by atoms with van der Waals surface area (Å²) in [5, 5.41) is 8.80. The Morgan fingerprint density at radius 3 is 2.81 bits per heavy atom. The molecule has 108 valence electrons. The Kier molecular flexibility index (Phi) is 4.55. The minimum absolute atomic E-state index is 0.0568. The number of hydrogen-bond acceptors (Lipinski definition) is 4. The average Bonchev–Trinajstić information content (AvgIpc) is 2.49. The van der Waals surface area contributed by atoms with Crippen molar-refractivity contribution in [3.05, 3.63) is 53.3 Å². The molecule has 0 fully saturated rings. The summed E-state index contributed by atoms with van der Waals surface area (Å²) in [5.41, 5.74) is 6.30. The minimum Gasteiger partial charge on any atom is -0.497 e. The van der Waals surface area contributed by atoms with Gasteiger partial charge in [-0.2, -0.15) is 5.26 Å². The second-order valence-electron chi connectivity index (χ2n) is 4.28. The fourth-order valence-corrected chi connectivity index (χ4v) is 3.07. The van der Waals surface area contributed by atoms with Gasteiger partial charge in [0, 0.05) is 11.3 Å². The number of nitrogen functional groups attached to an aromatic ring is 1. The highest BCUT2D eigenvalue weighted by molar-refractivity contribution is 7.84. The molecule has 1 atom stereocenters. The van der Waals surface area contributed by atoms with Crippen LogP contribution in [0.1, 0.15) is 11.1 Å². The molecule has 1 unspecified atom stereocenters. The van der Waals surface area contributed by atoms with Crippen molar-refractivity contribution < 1.29 is 13.3 Å². The molecule has 4 nitrogen and oxygen atoms in total. The predicted octanol–water partition coefficient (Wildman–Crippen LogP) is 2.60. The molecule has 6 heteroatoms.